The van der Waals surface area contributed by atoms with Crippen molar-refractivity contribution in [3.8, 4) is 5.69 Å². The molecule has 3 aromatic heterocycles. The normalized spacial score (nSPS) is 14.0. The highest BCUT2D eigenvalue weighted by Crippen LogP contribution is 2.36. The number of carbonyl (C=O) groups is 1. The molecule has 5 rings (SSSR count). The van der Waals surface area contributed by atoms with Gasteiger partial charge in [0.25, 0.3) is 5.56 Å². The van der Waals surface area contributed by atoms with Crippen molar-refractivity contribution in [1.29, 1.82) is 0 Å². The number of hydrogen-bond acceptors (Lipinski definition) is 6. The molecule has 180 valence electrons. The lowest BCUT2D eigenvalue weighted by molar-refractivity contribution is -0.120. The van der Waals surface area contributed by atoms with Gasteiger partial charge in [0.1, 0.15) is 4.83 Å². The van der Waals surface area contributed by atoms with E-state index in [4.69, 9.17) is 4.98 Å². The predicted octanol–water partition coefficient (Wildman–Crippen LogP) is 4.87. The van der Waals surface area contributed by atoms with Gasteiger partial charge in [0.2, 0.25) is 5.91 Å². The van der Waals surface area contributed by atoms with Crippen LogP contribution in [0.5, 0.6) is 0 Å². The van der Waals surface area contributed by atoms with Crippen LogP contribution in [0, 0.1) is 6.92 Å². The number of pyridine rings is 1. The Hall–Kier alpha value is -2.97. The number of thioether (sulfide) groups is 1. The summed E-state index contributed by atoms with van der Waals surface area (Å²) in [5.74, 6) is -0.0814. The van der Waals surface area contributed by atoms with Gasteiger partial charge >= 0.3 is 0 Å². The van der Waals surface area contributed by atoms with E-state index in [1.54, 1.807) is 22.1 Å². The molecule has 1 amide bonds. The average molecular weight is 505 g/mol. The monoisotopic (exact) mass is 504 g/mol. The van der Waals surface area contributed by atoms with E-state index < -0.39 is 5.25 Å². The highest BCUT2D eigenvalue weighted by molar-refractivity contribution is 8.00. The molecule has 1 N–H and O–H groups in total. The van der Waals surface area contributed by atoms with Gasteiger partial charge in [-0.25, -0.2) is 4.98 Å². The molecular formula is C27H28N4O2S2. The van der Waals surface area contributed by atoms with E-state index in [0.717, 1.165) is 52.8 Å². The molecule has 3 heterocycles. The predicted molar refractivity (Wildman–Crippen MR) is 143 cm³/mol. The van der Waals surface area contributed by atoms with Crippen molar-refractivity contribution in [2.75, 3.05) is 6.54 Å². The van der Waals surface area contributed by atoms with Gasteiger partial charge in [0.15, 0.2) is 5.16 Å². The smallest absolute Gasteiger partial charge is 0.267 e. The molecule has 4 aromatic rings. The lowest BCUT2D eigenvalue weighted by atomic mass is 9.97. The van der Waals surface area contributed by atoms with Gasteiger partial charge in [0, 0.05) is 29.7 Å². The van der Waals surface area contributed by atoms with Gasteiger partial charge in [-0.1, -0.05) is 36.0 Å². The number of thiophene rings is 1. The van der Waals surface area contributed by atoms with Crippen molar-refractivity contribution in [2.45, 2.75) is 56.4 Å². The second kappa shape index (κ2) is 10.3. The van der Waals surface area contributed by atoms with Crippen molar-refractivity contribution in [3.63, 3.8) is 0 Å². The molecule has 0 aliphatic heterocycles. The zero-order valence-corrected chi connectivity index (χ0v) is 21.5. The van der Waals surface area contributed by atoms with Crippen LogP contribution in [0.25, 0.3) is 15.9 Å². The standard InChI is InChI=1S/C27H28N4O2S2/c1-17-9-3-5-12-21(17)31-26(33)23-20-11-4-6-13-22(20)35-25(23)30-27(31)34-18(2)24(32)29-16-14-19-10-7-8-15-28-19/h3,5,7-10,12,15,18H,4,6,11,13-14,16H2,1-2H3,(H,29,32). The Morgan fingerprint density at radius 3 is 2.77 bits per heavy atom. The Kier molecular flexibility index (Phi) is 7.02. The van der Waals surface area contributed by atoms with Crippen molar-refractivity contribution < 1.29 is 4.79 Å². The minimum absolute atomic E-state index is 0.0334. The molecule has 1 atom stereocenters. The fourth-order valence-corrected chi connectivity index (χ4v) is 6.75. The lowest BCUT2D eigenvalue weighted by Gasteiger charge is -2.17. The number of amides is 1. The molecule has 0 fully saturated rings. The van der Waals surface area contributed by atoms with Gasteiger partial charge in [-0.2, -0.15) is 0 Å². The zero-order chi connectivity index (χ0) is 24.4. The van der Waals surface area contributed by atoms with Crippen LogP contribution in [0.2, 0.25) is 0 Å². The molecule has 6 nitrogen and oxygen atoms in total. The summed E-state index contributed by atoms with van der Waals surface area (Å²) in [4.78, 5) is 38.2. The molecule has 1 aliphatic carbocycles. The van der Waals surface area contributed by atoms with E-state index >= 15 is 0 Å². The number of rotatable bonds is 7. The number of fused-ring (bicyclic) bond motifs is 3. The second-order valence-electron chi connectivity index (χ2n) is 8.83. The van der Waals surface area contributed by atoms with Crippen LogP contribution in [0.4, 0.5) is 0 Å². The minimum Gasteiger partial charge on any atom is -0.355 e. The number of aromatic nitrogens is 3. The summed E-state index contributed by atoms with van der Waals surface area (Å²) in [6.07, 6.45) is 6.63. The topological polar surface area (TPSA) is 76.9 Å². The first kappa shape index (κ1) is 23.8. The number of nitrogens with one attached hydrogen (secondary N) is 1. The first-order valence-corrected chi connectivity index (χ1v) is 13.7. The van der Waals surface area contributed by atoms with Gasteiger partial charge in [-0.15, -0.1) is 11.3 Å². The summed E-state index contributed by atoms with van der Waals surface area (Å²) in [6.45, 7) is 4.37. The maximum Gasteiger partial charge on any atom is 0.267 e. The first-order valence-electron chi connectivity index (χ1n) is 12.0. The van der Waals surface area contributed by atoms with E-state index in [0.29, 0.717) is 18.1 Å². The summed E-state index contributed by atoms with van der Waals surface area (Å²) in [5, 5.41) is 3.90. The average Bonchev–Trinajstić information content (AvgIpc) is 3.24. The number of nitrogens with zero attached hydrogens (tertiary/aromatic N) is 3. The van der Waals surface area contributed by atoms with Gasteiger partial charge < -0.3 is 5.32 Å². The van der Waals surface area contributed by atoms with Crippen LogP contribution >= 0.6 is 23.1 Å². The van der Waals surface area contributed by atoms with E-state index in [9.17, 15) is 9.59 Å². The third-order valence-corrected chi connectivity index (χ3v) is 8.61. The zero-order valence-electron chi connectivity index (χ0n) is 19.9. The summed E-state index contributed by atoms with van der Waals surface area (Å²) >= 11 is 2.97. The molecular weight excluding hydrogens is 476 g/mol. The Morgan fingerprint density at radius 2 is 1.97 bits per heavy atom. The van der Waals surface area contributed by atoms with Crippen molar-refractivity contribution in [1.82, 2.24) is 19.9 Å². The second-order valence-corrected chi connectivity index (χ2v) is 11.2. The number of hydrogen-bond donors (Lipinski definition) is 1. The molecule has 35 heavy (non-hydrogen) atoms. The quantitative estimate of drug-likeness (QED) is 0.287. The molecule has 8 heteroatoms. The summed E-state index contributed by atoms with van der Waals surface area (Å²) < 4.78 is 1.71. The van der Waals surface area contributed by atoms with Crippen LogP contribution in [0.1, 0.15) is 41.5 Å². The van der Waals surface area contributed by atoms with E-state index in [1.807, 2.05) is 56.3 Å². The maximum absolute atomic E-state index is 13.9. The van der Waals surface area contributed by atoms with Gasteiger partial charge in [-0.3, -0.25) is 19.1 Å². The van der Waals surface area contributed by atoms with E-state index in [-0.39, 0.29) is 11.5 Å². The molecule has 0 radical (unpaired) electrons. The van der Waals surface area contributed by atoms with Crippen molar-refractivity contribution >= 4 is 39.2 Å². The van der Waals surface area contributed by atoms with Crippen LogP contribution < -0.4 is 10.9 Å². The fourth-order valence-electron chi connectivity index (χ4n) is 4.51. The Morgan fingerprint density at radius 1 is 1.17 bits per heavy atom. The highest BCUT2D eigenvalue weighted by atomic mass is 32.2. The summed E-state index contributed by atoms with van der Waals surface area (Å²) in [7, 11) is 0. The van der Waals surface area contributed by atoms with Gasteiger partial charge in [0.05, 0.1) is 16.3 Å². The molecule has 1 aliphatic rings. The van der Waals surface area contributed by atoms with E-state index in [2.05, 4.69) is 10.3 Å². The van der Waals surface area contributed by atoms with E-state index in [1.165, 1.54) is 22.2 Å². The third kappa shape index (κ3) is 4.90. The fraction of sp³-hybridized carbons (Fsp3) is 0.333. The highest BCUT2D eigenvalue weighted by Gasteiger charge is 2.25. The first-order chi connectivity index (χ1) is 17.0. The van der Waals surface area contributed by atoms with Crippen LogP contribution in [-0.2, 0) is 24.1 Å². The van der Waals surface area contributed by atoms with Gasteiger partial charge in [-0.05, 0) is 68.9 Å². The van der Waals surface area contributed by atoms with Crippen LogP contribution in [0.3, 0.4) is 0 Å². The Labute approximate surface area is 212 Å². The number of benzene rings is 1. The lowest BCUT2D eigenvalue weighted by Crippen LogP contribution is -2.33. The molecule has 0 saturated carbocycles. The third-order valence-electron chi connectivity index (χ3n) is 6.37. The molecule has 0 saturated heterocycles. The molecule has 1 aromatic carbocycles. The number of aryl methyl sites for hydroxylation is 3. The number of para-hydroxylation sites is 1. The summed E-state index contributed by atoms with van der Waals surface area (Å²) in [5.41, 5.74) is 3.89. The Balaban J connectivity index is 1.46. The van der Waals surface area contributed by atoms with Crippen molar-refractivity contribution in [2.24, 2.45) is 0 Å². The summed E-state index contributed by atoms with van der Waals surface area (Å²) in [6, 6.07) is 13.6. The molecule has 1 unspecified atom stereocenters. The van der Waals surface area contributed by atoms with Crippen LogP contribution in [0.15, 0.2) is 58.6 Å². The maximum atomic E-state index is 13.9. The SMILES string of the molecule is Cc1ccccc1-n1c(SC(C)C(=O)NCCc2ccccn2)nc2sc3c(c2c1=O)CCCC3. The molecule has 0 bridgehead atoms. The largest absolute Gasteiger partial charge is 0.355 e. The minimum atomic E-state index is -0.409. The molecule has 0 spiro atoms. The number of carbonyl (C=O) groups excluding carboxylic acids is 1. The van der Waals surface area contributed by atoms with Crippen LogP contribution in [-0.4, -0.2) is 32.2 Å². The van der Waals surface area contributed by atoms with Crippen molar-refractivity contribution in [3.05, 3.63) is 80.7 Å². The Bertz CT molecular complexity index is 1430.